The molecule has 2 heteroatoms. The lowest BCUT2D eigenvalue weighted by Gasteiger charge is -2.19. The zero-order chi connectivity index (χ0) is 9.68. The molecule has 0 aromatic rings. The topological polar surface area (TPSA) is 21.3 Å². The third kappa shape index (κ3) is 5.27. The van der Waals surface area contributed by atoms with E-state index in [-0.39, 0.29) is 0 Å². The minimum absolute atomic E-state index is 0.363. The molecule has 2 nitrogen and oxygen atoms in total. The highest BCUT2D eigenvalue weighted by Crippen LogP contribution is 2.18. The van der Waals surface area contributed by atoms with Gasteiger partial charge >= 0.3 is 0 Å². The van der Waals surface area contributed by atoms with E-state index in [1.54, 1.807) is 0 Å². The second-order valence-electron chi connectivity index (χ2n) is 4.23. The normalized spacial score (nSPS) is 21.5. The summed E-state index contributed by atoms with van der Waals surface area (Å²) in [6, 6.07) is 0.799. The van der Waals surface area contributed by atoms with Crippen molar-refractivity contribution >= 4 is 0 Å². The summed E-state index contributed by atoms with van der Waals surface area (Å²) in [5.41, 5.74) is 0. The van der Waals surface area contributed by atoms with Gasteiger partial charge in [0.25, 0.3) is 0 Å². The van der Waals surface area contributed by atoms with Crippen molar-refractivity contribution in [2.24, 2.45) is 0 Å². The van der Waals surface area contributed by atoms with E-state index in [2.05, 4.69) is 26.1 Å². The molecule has 2 atom stereocenters. The summed E-state index contributed by atoms with van der Waals surface area (Å²) >= 11 is 0. The lowest BCUT2D eigenvalue weighted by Crippen LogP contribution is -2.30. The zero-order valence-corrected chi connectivity index (χ0v) is 9.18. The van der Waals surface area contributed by atoms with Crippen molar-refractivity contribution in [3.05, 3.63) is 0 Å². The number of ether oxygens (including phenoxy) is 1. The lowest BCUT2D eigenvalue weighted by atomic mass is 10.2. The van der Waals surface area contributed by atoms with Crippen molar-refractivity contribution in [3.8, 4) is 0 Å². The average molecular weight is 185 g/mol. The number of hydrogen-bond donors (Lipinski definition) is 1. The summed E-state index contributed by atoms with van der Waals surface area (Å²) in [4.78, 5) is 0. The summed E-state index contributed by atoms with van der Waals surface area (Å²) in [7, 11) is 0. The maximum atomic E-state index is 5.81. The molecule has 0 spiro atoms. The summed E-state index contributed by atoms with van der Waals surface area (Å²) in [6.45, 7) is 7.53. The highest BCUT2D eigenvalue weighted by atomic mass is 16.5. The van der Waals surface area contributed by atoms with Gasteiger partial charge in [-0.05, 0) is 33.1 Å². The van der Waals surface area contributed by atoms with Crippen molar-refractivity contribution in [2.75, 3.05) is 6.54 Å². The van der Waals surface area contributed by atoms with E-state index in [9.17, 15) is 0 Å². The van der Waals surface area contributed by atoms with Crippen molar-refractivity contribution < 1.29 is 4.74 Å². The number of hydrogen-bond acceptors (Lipinski definition) is 2. The Morgan fingerprint density at radius 1 is 1.31 bits per heavy atom. The maximum Gasteiger partial charge on any atom is 0.0675 e. The first-order valence-corrected chi connectivity index (χ1v) is 5.61. The first kappa shape index (κ1) is 11.0. The van der Waals surface area contributed by atoms with Gasteiger partial charge in [0.2, 0.25) is 0 Å². The van der Waals surface area contributed by atoms with Crippen LogP contribution in [0.1, 0.15) is 46.5 Å². The van der Waals surface area contributed by atoms with Crippen LogP contribution in [0.5, 0.6) is 0 Å². The van der Waals surface area contributed by atoms with Crippen LogP contribution in [0.15, 0.2) is 0 Å². The van der Waals surface area contributed by atoms with Gasteiger partial charge < -0.3 is 10.1 Å². The van der Waals surface area contributed by atoms with E-state index >= 15 is 0 Å². The Balaban J connectivity index is 1.97. The fraction of sp³-hybridized carbons (Fsp3) is 1.00. The molecule has 0 saturated heterocycles. The summed E-state index contributed by atoms with van der Waals surface area (Å²) in [6.07, 6.45) is 5.88. The highest BCUT2D eigenvalue weighted by molar-refractivity contribution is 4.81. The van der Waals surface area contributed by atoms with E-state index in [4.69, 9.17) is 4.74 Å². The molecule has 1 rings (SSSR count). The summed E-state index contributed by atoms with van der Waals surface area (Å²) in [5.74, 6) is 0. The first-order chi connectivity index (χ1) is 6.22. The molecule has 1 saturated carbocycles. The van der Waals surface area contributed by atoms with Crippen LogP contribution in [0.3, 0.4) is 0 Å². The molecule has 0 heterocycles. The lowest BCUT2D eigenvalue weighted by molar-refractivity contribution is 0.00447. The van der Waals surface area contributed by atoms with E-state index in [1.165, 1.54) is 25.7 Å². The molecule has 1 aliphatic rings. The molecule has 0 aromatic heterocycles. The third-order valence-corrected chi connectivity index (χ3v) is 2.43. The van der Waals surface area contributed by atoms with Crippen LogP contribution in [0.2, 0.25) is 0 Å². The monoisotopic (exact) mass is 185 g/mol. The SMILES string of the molecule is CCCC(C)OC(C)CNC1CC1. The molecular formula is C11H23NO. The Labute approximate surface area is 82.0 Å². The maximum absolute atomic E-state index is 5.81. The molecule has 0 radical (unpaired) electrons. The fourth-order valence-electron chi connectivity index (χ4n) is 1.54. The van der Waals surface area contributed by atoms with Gasteiger partial charge in [-0.25, -0.2) is 0 Å². The fourth-order valence-corrected chi connectivity index (χ4v) is 1.54. The summed E-state index contributed by atoms with van der Waals surface area (Å²) in [5, 5.41) is 3.48. The van der Waals surface area contributed by atoms with E-state index in [0.29, 0.717) is 12.2 Å². The summed E-state index contributed by atoms with van der Waals surface area (Å²) < 4.78 is 5.81. The van der Waals surface area contributed by atoms with Crippen LogP contribution in [-0.4, -0.2) is 24.8 Å². The van der Waals surface area contributed by atoms with Crippen LogP contribution in [-0.2, 0) is 4.74 Å². The van der Waals surface area contributed by atoms with Crippen molar-refractivity contribution in [1.29, 1.82) is 0 Å². The van der Waals surface area contributed by atoms with Crippen LogP contribution in [0.25, 0.3) is 0 Å². The van der Waals surface area contributed by atoms with Crippen LogP contribution in [0.4, 0.5) is 0 Å². The molecule has 13 heavy (non-hydrogen) atoms. The molecule has 0 aliphatic heterocycles. The Bertz CT molecular complexity index is 134. The predicted molar refractivity (Wildman–Crippen MR) is 55.9 cm³/mol. The Hall–Kier alpha value is -0.0800. The minimum atomic E-state index is 0.363. The third-order valence-electron chi connectivity index (χ3n) is 2.43. The Morgan fingerprint density at radius 3 is 2.54 bits per heavy atom. The number of nitrogens with one attached hydrogen (secondary N) is 1. The molecule has 0 amide bonds. The van der Waals surface area contributed by atoms with Gasteiger partial charge in [0.05, 0.1) is 12.2 Å². The first-order valence-electron chi connectivity index (χ1n) is 5.61. The molecule has 0 aromatic carbocycles. The molecular weight excluding hydrogens is 162 g/mol. The smallest absolute Gasteiger partial charge is 0.0675 e. The van der Waals surface area contributed by atoms with E-state index in [1.807, 2.05) is 0 Å². The molecule has 1 aliphatic carbocycles. The molecule has 1 N–H and O–H groups in total. The molecule has 2 unspecified atom stereocenters. The van der Waals surface area contributed by atoms with Gasteiger partial charge in [0.15, 0.2) is 0 Å². The standard InChI is InChI=1S/C11H23NO/c1-4-5-9(2)13-10(3)8-12-11-6-7-11/h9-12H,4-8H2,1-3H3. The minimum Gasteiger partial charge on any atom is -0.374 e. The second-order valence-corrected chi connectivity index (χ2v) is 4.23. The Morgan fingerprint density at radius 2 is 2.00 bits per heavy atom. The largest absolute Gasteiger partial charge is 0.374 e. The Kier molecular flexibility index (Phi) is 4.74. The van der Waals surface area contributed by atoms with Gasteiger partial charge in [0.1, 0.15) is 0 Å². The van der Waals surface area contributed by atoms with Crippen molar-refractivity contribution in [1.82, 2.24) is 5.32 Å². The zero-order valence-electron chi connectivity index (χ0n) is 9.18. The van der Waals surface area contributed by atoms with E-state index in [0.717, 1.165) is 12.6 Å². The van der Waals surface area contributed by atoms with Gasteiger partial charge in [-0.15, -0.1) is 0 Å². The van der Waals surface area contributed by atoms with Gasteiger partial charge in [-0.2, -0.15) is 0 Å². The van der Waals surface area contributed by atoms with Crippen molar-refractivity contribution in [3.63, 3.8) is 0 Å². The van der Waals surface area contributed by atoms with Crippen molar-refractivity contribution in [2.45, 2.75) is 64.7 Å². The number of rotatable bonds is 7. The van der Waals surface area contributed by atoms with Crippen LogP contribution < -0.4 is 5.32 Å². The molecule has 1 fully saturated rings. The van der Waals surface area contributed by atoms with Gasteiger partial charge in [-0.1, -0.05) is 13.3 Å². The van der Waals surface area contributed by atoms with E-state index < -0.39 is 0 Å². The molecule has 0 bridgehead atoms. The van der Waals surface area contributed by atoms with Gasteiger partial charge in [0, 0.05) is 12.6 Å². The second kappa shape index (κ2) is 5.61. The average Bonchev–Trinajstić information content (AvgIpc) is 2.84. The van der Waals surface area contributed by atoms with Crippen LogP contribution >= 0.6 is 0 Å². The highest BCUT2D eigenvalue weighted by Gasteiger charge is 2.21. The quantitative estimate of drug-likeness (QED) is 0.657. The van der Waals surface area contributed by atoms with Crippen LogP contribution in [0, 0.1) is 0 Å². The molecule has 78 valence electrons. The van der Waals surface area contributed by atoms with Gasteiger partial charge in [-0.3, -0.25) is 0 Å². The predicted octanol–water partition coefficient (Wildman–Crippen LogP) is 2.33.